The smallest absolute Gasteiger partial charge is 0.257 e. The zero-order valence-electron chi connectivity index (χ0n) is 20.3. The van der Waals surface area contributed by atoms with E-state index in [1.54, 1.807) is 10.7 Å². The van der Waals surface area contributed by atoms with E-state index in [4.69, 9.17) is 0 Å². The van der Waals surface area contributed by atoms with Crippen molar-refractivity contribution in [1.29, 1.82) is 0 Å². The molecule has 178 valence electrons. The van der Waals surface area contributed by atoms with Crippen molar-refractivity contribution in [3.63, 3.8) is 0 Å². The molecule has 0 saturated carbocycles. The van der Waals surface area contributed by atoms with Crippen LogP contribution in [0.3, 0.4) is 0 Å². The molecule has 2 aromatic carbocycles. The number of aryl methyl sites for hydroxylation is 2. The van der Waals surface area contributed by atoms with Crippen molar-refractivity contribution >= 4 is 22.9 Å². The number of anilines is 1. The van der Waals surface area contributed by atoms with Gasteiger partial charge in [0, 0.05) is 50.0 Å². The molecule has 4 aromatic rings. The fourth-order valence-corrected chi connectivity index (χ4v) is 4.77. The quantitative estimate of drug-likeness (QED) is 0.386. The topological polar surface area (TPSA) is 57.9 Å². The van der Waals surface area contributed by atoms with Gasteiger partial charge in [0.25, 0.3) is 5.91 Å². The molecule has 0 aliphatic carbocycles. The first-order chi connectivity index (χ1) is 17.0. The van der Waals surface area contributed by atoms with Crippen molar-refractivity contribution in [2.75, 3.05) is 31.1 Å². The van der Waals surface area contributed by atoms with Crippen molar-refractivity contribution in [1.82, 2.24) is 14.5 Å². The van der Waals surface area contributed by atoms with Crippen LogP contribution in [0.15, 0.2) is 73.1 Å². The molecule has 0 N–H and O–H groups in total. The van der Waals surface area contributed by atoms with Gasteiger partial charge in [0.2, 0.25) is 0 Å². The van der Waals surface area contributed by atoms with Gasteiger partial charge in [-0.2, -0.15) is 5.10 Å². The first kappa shape index (κ1) is 22.8. The Kier molecular flexibility index (Phi) is 6.36. The standard InChI is InChI=1S/C29H30N4O2/c1-21-7-6-10-26(22(21)2)31-15-17-32(18-16-31)29(35)25-20-30-33-14-13-23(19-27(25)33)11-12-28(34)24-8-4-3-5-9-24/h3-10,13-14,19-20H,11-12,15-18H2,1-2H3. The van der Waals surface area contributed by atoms with Crippen LogP contribution in [0.2, 0.25) is 0 Å². The lowest BCUT2D eigenvalue weighted by Crippen LogP contribution is -2.49. The Morgan fingerprint density at radius 2 is 1.69 bits per heavy atom. The van der Waals surface area contributed by atoms with Crippen LogP contribution < -0.4 is 4.90 Å². The Bertz CT molecular complexity index is 1370. The Hall–Kier alpha value is -3.93. The average Bonchev–Trinajstić information content (AvgIpc) is 3.32. The Morgan fingerprint density at radius 3 is 2.46 bits per heavy atom. The van der Waals surface area contributed by atoms with Crippen molar-refractivity contribution in [2.45, 2.75) is 26.7 Å². The summed E-state index contributed by atoms with van der Waals surface area (Å²) in [6, 6.07) is 19.7. The molecule has 0 spiro atoms. The van der Waals surface area contributed by atoms with Gasteiger partial charge in [-0.3, -0.25) is 9.59 Å². The number of hydrogen-bond acceptors (Lipinski definition) is 4. The minimum atomic E-state index is 0.0122. The second-order valence-corrected chi connectivity index (χ2v) is 9.21. The SMILES string of the molecule is Cc1cccc(N2CCN(C(=O)c3cnn4ccc(CCC(=O)c5ccccc5)cc34)CC2)c1C. The second-order valence-electron chi connectivity index (χ2n) is 9.21. The van der Waals surface area contributed by atoms with Crippen molar-refractivity contribution in [3.05, 3.63) is 101 Å². The summed E-state index contributed by atoms with van der Waals surface area (Å²) in [7, 11) is 0. The molecule has 2 aromatic heterocycles. The fraction of sp³-hybridized carbons (Fsp3) is 0.276. The van der Waals surface area contributed by atoms with Gasteiger partial charge in [0.1, 0.15) is 0 Å². The van der Waals surface area contributed by atoms with E-state index in [-0.39, 0.29) is 11.7 Å². The maximum absolute atomic E-state index is 13.4. The highest BCUT2D eigenvalue weighted by Crippen LogP contribution is 2.25. The number of hydrogen-bond donors (Lipinski definition) is 0. The molecular formula is C29H30N4O2. The number of carbonyl (C=O) groups excluding carboxylic acids is 2. The van der Waals surface area contributed by atoms with Gasteiger partial charge < -0.3 is 9.80 Å². The van der Waals surface area contributed by atoms with E-state index in [0.29, 0.717) is 31.5 Å². The van der Waals surface area contributed by atoms with Crippen LogP contribution in [-0.4, -0.2) is 52.4 Å². The molecule has 0 bridgehead atoms. The number of piperazine rings is 1. The van der Waals surface area contributed by atoms with Gasteiger partial charge in [0.15, 0.2) is 5.78 Å². The van der Waals surface area contributed by atoms with Crippen molar-refractivity contribution in [3.8, 4) is 0 Å². The van der Waals surface area contributed by atoms with E-state index in [2.05, 4.69) is 42.0 Å². The first-order valence-electron chi connectivity index (χ1n) is 12.2. The van der Waals surface area contributed by atoms with Crippen LogP contribution in [-0.2, 0) is 6.42 Å². The third-order valence-corrected chi connectivity index (χ3v) is 7.04. The monoisotopic (exact) mass is 466 g/mol. The molecule has 6 nitrogen and oxygen atoms in total. The summed E-state index contributed by atoms with van der Waals surface area (Å²) >= 11 is 0. The van der Waals surface area contributed by atoms with Crippen LogP contribution >= 0.6 is 0 Å². The predicted octanol–water partition coefficient (Wildman–Crippen LogP) is 4.73. The predicted molar refractivity (Wildman–Crippen MR) is 138 cm³/mol. The minimum Gasteiger partial charge on any atom is -0.368 e. The lowest BCUT2D eigenvalue weighted by atomic mass is 10.0. The van der Waals surface area contributed by atoms with E-state index < -0.39 is 0 Å². The zero-order chi connectivity index (χ0) is 24.4. The molecule has 5 rings (SSSR count). The summed E-state index contributed by atoms with van der Waals surface area (Å²) in [4.78, 5) is 30.2. The number of benzene rings is 2. The summed E-state index contributed by atoms with van der Waals surface area (Å²) in [6.45, 7) is 7.26. The largest absolute Gasteiger partial charge is 0.368 e. The highest BCUT2D eigenvalue weighted by Gasteiger charge is 2.25. The van der Waals surface area contributed by atoms with Crippen LogP contribution in [0, 0.1) is 13.8 Å². The molecule has 1 amide bonds. The Balaban J connectivity index is 1.27. The van der Waals surface area contributed by atoms with E-state index >= 15 is 0 Å². The number of pyridine rings is 1. The summed E-state index contributed by atoms with van der Waals surface area (Å²) in [5.74, 6) is 0.134. The van der Waals surface area contributed by atoms with Gasteiger partial charge in [-0.1, -0.05) is 42.5 Å². The molecule has 1 aliphatic heterocycles. The lowest BCUT2D eigenvalue weighted by molar-refractivity contribution is 0.0748. The number of nitrogens with zero attached hydrogens (tertiary/aromatic N) is 4. The van der Waals surface area contributed by atoms with Crippen LogP contribution in [0.1, 0.15) is 43.8 Å². The lowest BCUT2D eigenvalue weighted by Gasteiger charge is -2.37. The highest BCUT2D eigenvalue weighted by atomic mass is 16.2. The first-order valence-corrected chi connectivity index (χ1v) is 12.2. The van der Waals surface area contributed by atoms with Crippen LogP contribution in [0.4, 0.5) is 5.69 Å². The minimum absolute atomic E-state index is 0.0122. The number of fused-ring (bicyclic) bond motifs is 1. The van der Waals surface area contributed by atoms with E-state index in [9.17, 15) is 9.59 Å². The Morgan fingerprint density at radius 1 is 0.914 bits per heavy atom. The van der Waals surface area contributed by atoms with Crippen LogP contribution in [0.5, 0.6) is 0 Å². The number of ketones is 1. The highest BCUT2D eigenvalue weighted by molar-refractivity contribution is 6.01. The van der Waals surface area contributed by atoms with Gasteiger partial charge in [-0.25, -0.2) is 4.52 Å². The van der Waals surface area contributed by atoms with Crippen molar-refractivity contribution < 1.29 is 9.59 Å². The van der Waals surface area contributed by atoms with Gasteiger partial charge in [-0.05, 0) is 55.2 Å². The van der Waals surface area contributed by atoms with Gasteiger partial charge in [-0.15, -0.1) is 0 Å². The number of carbonyl (C=O) groups is 2. The summed E-state index contributed by atoms with van der Waals surface area (Å²) in [5.41, 5.74) is 6.99. The molecule has 3 heterocycles. The Labute approximate surface area is 205 Å². The third kappa shape index (κ3) is 4.69. The third-order valence-electron chi connectivity index (χ3n) is 7.04. The number of aromatic nitrogens is 2. The van der Waals surface area contributed by atoms with Gasteiger partial charge >= 0.3 is 0 Å². The summed E-state index contributed by atoms with van der Waals surface area (Å²) in [5, 5.41) is 4.39. The molecule has 6 heteroatoms. The fourth-order valence-electron chi connectivity index (χ4n) is 4.77. The second kappa shape index (κ2) is 9.74. The zero-order valence-corrected chi connectivity index (χ0v) is 20.3. The van der Waals surface area contributed by atoms with Gasteiger partial charge in [0.05, 0.1) is 17.3 Å². The average molecular weight is 467 g/mol. The summed E-state index contributed by atoms with van der Waals surface area (Å²) < 4.78 is 1.74. The number of Topliss-reactive ketones (excluding diaryl/α,β-unsaturated/α-hetero) is 1. The van der Waals surface area contributed by atoms with E-state index in [1.807, 2.05) is 53.6 Å². The van der Waals surface area contributed by atoms with E-state index in [0.717, 1.165) is 29.7 Å². The van der Waals surface area contributed by atoms with Crippen molar-refractivity contribution in [2.24, 2.45) is 0 Å². The molecule has 35 heavy (non-hydrogen) atoms. The maximum atomic E-state index is 13.4. The molecule has 1 saturated heterocycles. The maximum Gasteiger partial charge on any atom is 0.257 e. The molecular weight excluding hydrogens is 436 g/mol. The normalized spacial score (nSPS) is 13.9. The number of amides is 1. The molecule has 0 radical (unpaired) electrons. The number of rotatable bonds is 6. The molecule has 0 atom stereocenters. The van der Waals surface area contributed by atoms with Crippen LogP contribution in [0.25, 0.3) is 5.52 Å². The summed E-state index contributed by atoms with van der Waals surface area (Å²) in [6.07, 6.45) is 4.58. The molecule has 1 fully saturated rings. The molecule has 0 unspecified atom stereocenters. The van der Waals surface area contributed by atoms with E-state index in [1.165, 1.54) is 16.8 Å². The molecule has 1 aliphatic rings.